The highest BCUT2D eigenvalue weighted by atomic mass is 16.6. The lowest BCUT2D eigenvalue weighted by Gasteiger charge is -2.35. The predicted octanol–water partition coefficient (Wildman–Crippen LogP) is 1.44. The fraction of sp³-hybridized carbons (Fsp3) is 0.500. The van der Waals surface area contributed by atoms with Gasteiger partial charge in [0, 0.05) is 26.2 Å². The molecule has 1 aromatic carbocycles. The average Bonchev–Trinajstić information content (AvgIpc) is 3.25. The molecule has 8 nitrogen and oxygen atoms in total. The van der Waals surface area contributed by atoms with Gasteiger partial charge in [-0.3, -0.25) is 14.4 Å². The van der Waals surface area contributed by atoms with Crippen molar-refractivity contribution in [2.24, 2.45) is 11.8 Å². The number of benzene rings is 1. The molecule has 4 aliphatic heterocycles. The number of aliphatic hydroxyl groups excluding tert-OH is 1. The summed E-state index contributed by atoms with van der Waals surface area (Å²) in [5.41, 5.74) is -0.271. The Morgan fingerprint density at radius 2 is 1.91 bits per heavy atom. The van der Waals surface area contributed by atoms with Crippen LogP contribution in [0.1, 0.15) is 24.8 Å². The third kappa shape index (κ3) is 3.75. The number of aliphatic hydroxyl groups is 1. The van der Waals surface area contributed by atoms with Crippen molar-refractivity contribution in [1.82, 2.24) is 9.80 Å². The zero-order valence-electron chi connectivity index (χ0n) is 19.0. The molecule has 2 fully saturated rings. The first-order valence-electron chi connectivity index (χ1n) is 12.0. The summed E-state index contributed by atoms with van der Waals surface area (Å²) in [5, 5.41) is 9.45. The number of carbonyl (C=O) groups is 3. The van der Waals surface area contributed by atoms with Gasteiger partial charge in [-0.15, -0.1) is 0 Å². The number of ether oxygens (including phenoxy) is 2. The van der Waals surface area contributed by atoms with Crippen molar-refractivity contribution < 1.29 is 29.0 Å². The minimum Gasteiger partial charge on any atom is -0.465 e. The standard InChI is InChI=1S/C26H30N2O6/c29-15-8-14-28-22-24(31)27(17-18-9-3-1-4-10-18)13-7-12-26(22)21(23(28)30)20-19(34-26)11-5-2-6-16-33-25(20)32/h1,3-5,7,9-12,19-22,29H,2,6,8,13-17H2/b11-5-/t19-,20?,21+,22-,26?/m1/s1. The molecule has 8 heteroatoms. The normalized spacial score (nSPS) is 33.9. The molecule has 2 amide bonds. The van der Waals surface area contributed by atoms with Crippen LogP contribution in [0.25, 0.3) is 0 Å². The van der Waals surface area contributed by atoms with Crippen molar-refractivity contribution in [3.05, 3.63) is 60.2 Å². The Kier molecular flexibility index (Phi) is 6.27. The van der Waals surface area contributed by atoms with Crippen LogP contribution in [0.5, 0.6) is 0 Å². The van der Waals surface area contributed by atoms with E-state index in [0.717, 1.165) is 12.0 Å². The van der Waals surface area contributed by atoms with Crippen molar-refractivity contribution in [3.8, 4) is 0 Å². The Hall–Kier alpha value is -2.97. The molecule has 1 N–H and O–H groups in total. The number of fused-ring (bicyclic) bond motifs is 2. The number of allylic oxidation sites excluding steroid dienone is 1. The minimum atomic E-state index is -1.26. The van der Waals surface area contributed by atoms with Gasteiger partial charge in [0.05, 0.1) is 18.6 Å². The van der Waals surface area contributed by atoms with E-state index in [4.69, 9.17) is 9.47 Å². The Bertz CT molecular complexity index is 1010. The van der Waals surface area contributed by atoms with Crippen LogP contribution >= 0.6 is 0 Å². The topological polar surface area (TPSA) is 96.4 Å². The molecule has 0 saturated carbocycles. The van der Waals surface area contributed by atoms with E-state index in [-0.39, 0.29) is 31.6 Å². The summed E-state index contributed by atoms with van der Waals surface area (Å²) in [4.78, 5) is 44.1. The summed E-state index contributed by atoms with van der Waals surface area (Å²) >= 11 is 0. The van der Waals surface area contributed by atoms with E-state index in [1.54, 1.807) is 4.90 Å². The summed E-state index contributed by atoms with van der Waals surface area (Å²) in [5.74, 6) is -2.64. The number of hydrogen-bond donors (Lipinski definition) is 1. The van der Waals surface area contributed by atoms with Gasteiger partial charge in [-0.05, 0) is 24.8 Å². The lowest BCUT2D eigenvalue weighted by Crippen LogP contribution is -2.55. The molecule has 0 aliphatic carbocycles. The fourth-order valence-corrected chi connectivity index (χ4v) is 5.73. The van der Waals surface area contributed by atoms with Gasteiger partial charge in [0.25, 0.3) is 0 Å². The van der Waals surface area contributed by atoms with Gasteiger partial charge in [-0.2, -0.15) is 0 Å². The van der Waals surface area contributed by atoms with E-state index in [2.05, 4.69) is 0 Å². The smallest absolute Gasteiger partial charge is 0.312 e. The van der Waals surface area contributed by atoms with Gasteiger partial charge < -0.3 is 24.4 Å². The van der Waals surface area contributed by atoms with Crippen molar-refractivity contribution in [3.63, 3.8) is 0 Å². The van der Waals surface area contributed by atoms with Gasteiger partial charge in [0.2, 0.25) is 11.8 Å². The van der Waals surface area contributed by atoms with Gasteiger partial charge in [-0.1, -0.05) is 54.6 Å². The monoisotopic (exact) mass is 466 g/mol. The van der Waals surface area contributed by atoms with Crippen LogP contribution in [-0.4, -0.2) is 76.7 Å². The maximum Gasteiger partial charge on any atom is 0.312 e. The molecule has 34 heavy (non-hydrogen) atoms. The highest BCUT2D eigenvalue weighted by Crippen LogP contribution is 2.53. The van der Waals surface area contributed by atoms with Gasteiger partial charge in [0.1, 0.15) is 17.6 Å². The first-order valence-corrected chi connectivity index (χ1v) is 12.0. The molecule has 2 saturated heterocycles. The Balaban J connectivity index is 1.55. The van der Waals surface area contributed by atoms with E-state index >= 15 is 0 Å². The summed E-state index contributed by atoms with van der Waals surface area (Å²) < 4.78 is 12.0. The van der Waals surface area contributed by atoms with Gasteiger partial charge in [0.15, 0.2) is 0 Å². The highest BCUT2D eigenvalue weighted by Gasteiger charge is 2.71. The largest absolute Gasteiger partial charge is 0.465 e. The molecule has 0 radical (unpaired) electrons. The van der Waals surface area contributed by atoms with Crippen molar-refractivity contribution >= 4 is 17.8 Å². The second-order valence-corrected chi connectivity index (χ2v) is 9.30. The zero-order valence-corrected chi connectivity index (χ0v) is 19.0. The van der Waals surface area contributed by atoms with E-state index in [0.29, 0.717) is 25.9 Å². The van der Waals surface area contributed by atoms with E-state index in [9.17, 15) is 19.5 Å². The second kappa shape index (κ2) is 9.35. The number of nitrogens with zero attached hydrogens (tertiary/aromatic N) is 2. The maximum atomic E-state index is 14.0. The van der Waals surface area contributed by atoms with Crippen LogP contribution in [0.3, 0.4) is 0 Å². The molecule has 4 aliphatic rings. The molecular weight excluding hydrogens is 436 g/mol. The number of likely N-dealkylation sites (tertiary alicyclic amines) is 1. The lowest BCUT2D eigenvalue weighted by atomic mass is 9.78. The summed E-state index contributed by atoms with van der Waals surface area (Å²) in [6.45, 7) is 1.17. The average molecular weight is 467 g/mol. The highest BCUT2D eigenvalue weighted by molar-refractivity contribution is 5.99. The summed E-state index contributed by atoms with van der Waals surface area (Å²) in [6, 6.07) is 8.79. The van der Waals surface area contributed by atoms with Crippen LogP contribution in [0.15, 0.2) is 54.6 Å². The van der Waals surface area contributed by atoms with Gasteiger partial charge in [-0.25, -0.2) is 0 Å². The molecule has 5 rings (SSSR count). The quantitative estimate of drug-likeness (QED) is 0.521. The molecule has 0 aromatic heterocycles. The molecular formula is C26H30N2O6. The van der Waals surface area contributed by atoms with Crippen molar-refractivity contribution in [2.75, 3.05) is 26.3 Å². The van der Waals surface area contributed by atoms with Crippen LogP contribution in [0, 0.1) is 11.8 Å². The van der Waals surface area contributed by atoms with E-state index in [1.165, 1.54) is 4.90 Å². The third-order valence-electron chi connectivity index (χ3n) is 7.21. The molecule has 4 heterocycles. The number of esters is 1. The van der Waals surface area contributed by atoms with E-state index < -0.39 is 35.6 Å². The summed E-state index contributed by atoms with van der Waals surface area (Å²) in [7, 11) is 0. The third-order valence-corrected chi connectivity index (χ3v) is 7.21. The predicted molar refractivity (Wildman–Crippen MR) is 122 cm³/mol. The van der Waals surface area contributed by atoms with Crippen molar-refractivity contribution in [2.45, 2.75) is 43.6 Å². The lowest BCUT2D eigenvalue weighted by molar-refractivity contribution is -0.155. The Labute approximate surface area is 198 Å². The molecule has 5 atom stereocenters. The summed E-state index contributed by atoms with van der Waals surface area (Å²) in [6.07, 6.45) is 8.65. The Morgan fingerprint density at radius 3 is 2.71 bits per heavy atom. The number of cyclic esters (lactones) is 1. The molecule has 1 aromatic rings. The first kappa shape index (κ1) is 22.8. The fourth-order valence-electron chi connectivity index (χ4n) is 5.73. The molecule has 0 bridgehead atoms. The van der Waals surface area contributed by atoms with Gasteiger partial charge >= 0.3 is 5.97 Å². The second-order valence-electron chi connectivity index (χ2n) is 9.30. The minimum absolute atomic E-state index is 0.108. The van der Waals surface area contributed by atoms with Crippen LogP contribution in [-0.2, 0) is 30.4 Å². The van der Waals surface area contributed by atoms with Crippen molar-refractivity contribution in [1.29, 1.82) is 0 Å². The van der Waals surface area contributed by atoms with Crippen LogP contribution in [0.4, 0.5) is 0 Å². The maximum absolute atomic E-state index is 14.0. The van der Waals surface area contributed by atoms with Crippen LogP contribution in [0.2, 0.25) is 0 Å². The molecule has 2 unspecified atom stereocenters. The zero-order chi connectivity index (χ0) is 23.7. The number of rotatable bonds is 5. The van der Waals surface area contributed by atoms with E-state index in [1.807, 2.05) is 54.6 Å². The Morgan fingerprint density at radius 1 is 1.09 bits per heavy atom. The first-order chi connectivity index (χ1) is 16.6. The number of amides is 2. The van der Waals surface area contributed by atoms with Crippen LogP contribution < -0.4 is 0 Å². The molecule has 1 spiro atoms. The number of carbonyl (C=O) groups excluding carboxylic acids is 3. The number of hydrogen-bond acceptors (Lipinski definition) is 6. The SMILES string of the molecule is O=C1OCCC/C=C\[C@H]2OC34C=CCN(Cc5ccccc5)C(=O)[C@H]3N(CCCO)C(=O)[C@@H]4C12. The molecule has 180 valence electrons.